The molecule has 1 aliphatic heterocycles. The van der Waals surface area contributed by atoms with Crippen molar-refractivity contribution >= 4 is 22.0 Å². The van der Waals surface area contributed by atoms with E-state index in [1.165, 1.54) is 4.90 Å². The molecular formula is C20H19BrF2N4O2. The van der Waals surface area contributed by atoms with Crippen LogP contribution < -0.4 is 0 Å². The van der Waals surface area contributed by atoms with Gasteiger partial charge in [0, 0.05) is 11.5 Å². The number of amides is 1. The first-order chi connectivity index (χ1) is 14.0. The first-order valence-electron chi connectivity index (χ1n) is 9.09. The van der Waals surface area contributed by atoms with Crippen molar-refractivity contribution in [3.8, 4) is 0 Å². The van der Waals surface area contributed by atoms with Gasteiger partial charge in [-0.2, -0.15) is 0 Å². The number of carbonyl (C=O) groups excluding carboxylic acids is 1. The van der Waals surface area contributed by atoms with Gasteiger partial charge < -0.3 is 9.64 Å². The lowest BCUT2D eigenvalue weighted by Crippen LogP contribution is -2.55. The summed E-state index contributed by atoms with van der Waals surface area (Å²) in [5.41, 5.74) is 9.97. The molecule has 6 nitrogen and oxygen atoms in total. The van der Waals surface area contributed by atoms with Crippen molar-refractivity contribution in [3.05, 3.63) is 80.4 Å². The highest BCUT2D eigenvalue weighted by atomic mass is 79.9. The van der Waals surface area contributed by atoms with Crippen LogP contribution in [0.25, 0.3) is 10.4 Å². The molecule has 0 N–H and O–H groups in total. The SMILES string of the molecule is [N-]=[N+]=N[C@@H]1C(Cc2cccc(Br)c2F)N(C(=O)OCc2ccccc2)CC[C@@H]1F. The molecule has 2 aromatic carbocycles. The highest BCUT2D eigenvalue weighted by molar-refractivity contribution is 9.10. The molecule has 0 bridgehead atoms. The monoisotopic (exact) mass is 464 g/mol. The number of rotatable bonds is 5. The number of halogens is 3. The maximum atomic E-state index is 14.5. The number of ether oxygens (including phenoxy) is 1. The Bertz CT molecular complexity index is 909. The smallest absolute Gasteiger partial charge is 0.410 e. The van der Waals surface area contributed by atoms with Crippen LogP contribution in [-0.2, 0) is 17.8 Å². The van der Waals surface area contributed by atoms with E-state index in [-0.39, 0.29) is 36.0 Å². The summed E-state index contributed by atoms with van der Waals surface area (Å²) in [4.78, 5) is 16.8. The minimum Gasteiger partial charge on any atom is -0.445 e. The zero-order valence-electron chi connectivity index (χ0n) is 15.4. The van der Waals surface area contributed by atoms with E-state index >= 15 is 0 Å². The molecule has 3 atom stereocenters. The molecule has 1 saturated heterocycles. The second-order valence-corrected chi connectivity index (χ2v) is 7.57. The third-order valence-corrected chi connectivity index (χ3v) is 5.51. The normalized spacial score (nSPS) is 21.3. The molecule has 1 amide bonds. The van der Waals surface area contributed by atoms with Crippen molar-refractivity contribution in [2.45, 2.75) is 37.7 Å². The zero-order chi connectivity index (χ0) is 20.8. The molecule has 9 heteroatoms. The third-order valence-electron chi connectivity index (χ3n) is 4.90. The summed E-state index contributed by atoms with van der Waals surface area (Å²) in [5.74, 6) is -0.495. The van der Waals surface area contributed by atoms with E-state index in [4.69, 9.17) is 10.3 Å². The minimum absolute atomic E-state index is 0.00415. The van der Waals surface area contributed by atoms with Crippen LogP contribution in [0.3, 0.4) is 0 Å². The number of hydrogen-bond donors (Lipinski definition) is 0. The molecule has 1 heterocycles. The van der Waals surface area contributed by atoms with Crippen molar-refractivity contribution in [2.75, 3.05) is 6.54 Å². The fraction of sp³-hybridized carbons (Fsp3) is 0.350. The highest BCUT2D eigenvalue weighted by Gasteiger charge is 2.41. The van der Waals surface area contributed by atoms with Crippen LogP contribution in [0.1, 0.15) is 17.5 Å². The maximum absolute atomic E-state index is 14.5. The van der Waals surface area contributed by atoms with Gasteiger partial charge in [0.15, 0.2) is 0 Å². The maximum Gasteiger partial charge on any atom is 0.410 e. The van der Waals surface area contributed by atoms with E-state index in [9.17, 15) is 13.6 Å². The number of hydrogen-bond acceptors (Lipinski definition) is 3. The van der Waals surface area contributed by atoms with Gasteiger partial charge in [0.25, 0.3) is 0 Å². The molecule has 0 radical (unpaired) electrons. The lowest BCUT2D eigenvalue weighted by Gasteiger charge is -2.40. The predicted octanol–water partition coefficient (Wildman–Crippen LogP) is 5.56. The quantitative estimate of drug-likeness (QED) is 0.329. The Morgan fingerprint density at radius 3 is 2.76 bits per heavy atom. The second kappa shape index (κ2) is 9.71. The van der Waals surface area contributed by atoms with Crippen LogP contribution in [0, 0.1) is 5.82 Å². The Hall–Kier alpha value is -2.64. The van der Waals surface area contributed by atoms with Crippen molar-refractivity contribution in [1.82, 2.24) is 4.90 Å². The Morgan fingerprint density at radius 1 is 1.28 bits per heavy atom. The highest BCUT2D eigenvalue weighted by Crippen LogP contribution is 2.29. The second-order valence-electron chi connectivity index (χ2n) is 6.72. The zero-order valence-corrected chi connectivity index (χ0v) is 17.0. The number of piperidine rings is 1. The molecule has 0 saturated carbocycles. The fourth-order valence-electron chi connectivity index (χ4n) is 3.42. The van der Waals surface area contributed by atoms with Crippen molar-refractivity contribution in [2.24, 2.45) is 5.11 Å². The van der Waals surface area contributed by atoms with Gasteiger partial charge in [-0.25, -0.2) is 13.6 Å². The van der Waals surface area contributed by atoms with Gasteiger partial charge in [-0.15, -0.1) is 0 Å². The Morgan fingerprint density at radius 2 is 2.03 bits per heavy atom. The lowest BCUT2D eigenvalue weighted by molar-refractivity contribution is 0.0393. The molecule has 1 unspecified atom stereocenters. The number of carbonyl (C=O) groups is 1. The summed E-state index contributed by atoms with van der Waals surface area (Å²) >= 11 is 3.13. The van der Waals surface area contributed by atoms with Crippen LogP contribution in [0.5, 0.6) is 0 Å². The molecular weight excluding hydrogens is 446 g/mol. The topological polar surface area (TPSA) is 78.3 Å². The van der Waals surface area contributed by atoms with E-state index in [1.54, 1.807) is 18.2 Å². The first-order valence-corrected chi connectivity index (χ1v) is 9.89. The minimum atomic E-state index is -1.43. The molecule has 2 aromatic rings. The molecule has 0 aliphatic carbocycles. The molecule has 0 aromatic heterocycles. The molecule has 0 spiro atoms. The average molecular weight is 465 g/mol. The van der Waals surface area contributed by atoms with E-state index in [0.29, 0.717) is 0 Å². The Kier molecular flexibility index (Phi) is 7.06. The van der Waals surface area contributed by atoms with E-state index in [1.807, 2.05) is 30.3 Å². The molecule has 152 valence electrons. The Labute approximate surface area is 175 Å². The number of azide groups is 1. The summed E-state index contributed by atoms with van der Waals surface area (Å²) in [5, 5.41) is 3.57. The summed E-state index contributed by atoms with van der Waals surface area (Å²) in [6, 6.07) is 11.9. The van der Waals surface area contributed by atoms with Gasteiger partial charge in [-0.05, 0) is 51.5 Å². The largest absolute Gasteiger partial charge is 0.445 e. The Balaban J connectivity index is 1.83. The summed E-state index contributed by atoms with van der Waals surface area (Å²) in [6.07, 6.45) is -2.07. The summed E-state index contributed by atoms with van der Waals surface area (Å²) < 4.78 is 34.6. The van der Waals surface area contributed by atoms with Crippen LogP contribution in [0.15, 0.2) is 58.1 Å². The average Bonchev–Trinajstić information content (AvgIpc) is 2.73. The van der Waals surface area contributed by atoms with Crippen molar-refractivity contribution < 1.29 is 18.3 Å². The number of alkyl halides is 1. The van der Waals surface area contributed by atoms with Crippen LogP contribution in [-0.4, -0.2) is 35.8 Å². The van der Waals surface area contributed by atoms with Crippen LogP contribution >= 0.6 is 15.9 Å². The van der Waals surface area contributed by atoms with Gasteiger partial charge in [0.2, 0.25) is 0 Å². The first kappa shape index (κ1) is 21.1. The van der Waals surface area contributed by atoms with E-state index in [2.05, 4.69) is 26.0 Å². The van der Waals surface area contributed by atoms with Gasteiger partial charge >= 0.3 is 6.09 Å². The van der Waals surface area contributed by atoms with Gasteiger partial charge in [-0.1, -0.05) is 47.6 Å². The molecule has 3 rings (SSSR count). The van der Waals surface area contributed by atoms with E-state index in [0.717, 1.165) is 5.56 Å². The van der Waals surface area contributed by atoms with Crippen LogP contribution in [0.4, 0.5) is 13.6 Å². The third kappa shape index (κ3) is 5.05. The van der Waals surface area contributed by atoms with Gasteiger partial charge in [0.05, 0.1) is 16.6 Å². The molecule has 29 heavy (non-hydrogen) atoms. The summed E-state index contributed by atoms with van der Waals surface area (Å²) in [6.45, 7) is 0.145. The fourth-order valence-corrected chi connectivity index (χ4v) is 3.83. The number of likely N-dealkylation sites (tertiary alicyclic amines) is 1. The standard InChI is InChI=1S/C20H19BrF2N4O2/c21-15-8-4-7-14(18(15)23)11-17-19(25-26-24)16(22)9-10-27(17)20(28)29-12-13-5-2-1-3-6-13/h1-8,16-17,19H,9-12H2/t16-,17?,19-/m0/s1. The van der Waals surface area contributed by atoms with Crippen molar-refractivity contribution in [1.29, 1.82) is 0 Å². The number of nitrogens with zero attached hydrogens (tertiary/aromatic N) is 4. The predicted molar refractivity (Wildman–Crippen MR) is 107 cm³/mol. The van der Waals surface area contributed by atoms with Crippen LogP contribution in [0.2, 0.25) is 0 Å². The van der Waals surface area contributed by atoms with Crippen molar-refractivity contribution in [3.63, 3.8) is 0 Å². The van der Waals surface area contributed by atoms with Gasteiger partial charge in [0.1, 0.15) is 18.6 Å². The van der Waals surface area contributed by atoms with E-state index < -0.39 is 30.2 Å². The summed E-state index contributed by atoms with van der Waals surface area (Å²) in [7, 11) is 0. The molecule has 1 aliphatic rings. The number of benzene rings is 2. The molecule has 1 fully saturated rings. The lowest BCUT2D eigenvalue weighted by atomic mass is 9.90. The van der Waals surface area contributed by atoms with Gasteiger partial charge in [-0.3, -0.25) is 0 Å².